The fourth-order valence-corrected chi connectivity index (χ4v) is 4.76. The molecule has 0 N–H and O–H groups in total. The van der Waals surface area contributed by atoms with Crippen LogP contribution in [-0.2, 0) is 0 Å². The average molecular weight is 277 g/mol. The fraction of sp³-hybridized carbons (Fsp3) is 0.900. The Morgan fingerprint density at radius 1 is 0.800 bits per heavy atom. The Hall–Kier alpha value is -0.260. The van der Waals surface area contributed by atoms with Crippen molar-refractivity contribution >= 4 is 0 Å². The minimum atomic E-state index is 0.967. The Bertz CT molecular complexity index is 251. The molecule has 2 saturated carbocycles. The standard InChI is InChI=1S/C20H36/c1-3-5-6-8-18-11-15-20(16-12-18)19-13-9-17(7-4-2)10-14-19/h4,17-20H,2-3,5-16H2,1H3. The molecule has 0 aromatic carbocycles. The van der Waals surface area contributed by atoms with Crippen LogP contribution < -0.4 is 0 Å². The van der Waals surface area contributed by atoms with Gasteiger partial charge >= 0.3 is 0 Å². The van der Waals surface area contributed by atoms with Crippen LogP contribution >= 0.6 is 0 Å². The summed E-state index contributed by atoms with van der Waals surface area (Å²) < 4.78 is 0. The van der Waals surface area contributed by atoms with Gasteiger partial charge in [0.15, 0.2) is 0 Å². The van der Waals surface area contributed by atoms with Gasteiger partial charge in [-0.1, -0.05) is 51.5 Å². The summed E-state index contributed by atoms with van der Waals surface area (Å²) in [4.78, 5) is 0. The zero-order valence-electron chi connectivity index (χ0n) is 13.8. The van der Waals surface area contributed by atoms with Gasteiger partial charge in [0.1, 0.15) is 0 Å². The number of allylic oxidation sites excluding steroid dienone is 1. The molecule has 0 radical (unpaired) electrons. The minimum absolute atomic E-state index is 0.967. The maximum atomic E-state index is 3.90. The van der Waals surface area contributed by atoms with Crippen molar-refractivity contribution in [2.45, 2.75) is 90.4 Å². The van der Waals surface area contributed by atoms with Crippen molar-refractivity contribution < 1.29 is 0 Å². The van der Waals surface area contributed by atoms with Crippen LogP contribution in [0.4, 0.5) is 0 Å². The van der Waals surface area contributed by atoms with Crippen LogP contribution in [0.25, 0.3) is 0 Å². The van der Waals surface area contributed by atoms with Crippen LogP contribution in [0.15, 0.2) is 12.7 Å². The largest absolute Gasteiger partial charge is 0.103 e. The van der Waals surface area contributed by atoms with Gasteiger partial charge < -0.3 is 0 Å². The third-order valence-corrected chi connectivity index (χ3v) is 6.17. The summed E-state index contributed by atoms with van der Waals surface area (Å²) in [7, 11) is 0. The average Bonchev–Trinajstić information content (AvgIpc) is 2.49. The minimum Gasteiger partial charge on any atom is -0.103 e. The van der Waals surface area contributed by atoms with Gasteiger partial charge in [0.05, 0.1) is 0 Å². The first kappa shape index (κ1) is 16.1. The quantitative estimate of drug-likeness (QED) is 0.356. The van der Waals surface area contributed by atoms with E-state index < -0.39 is 0 Å². The molecule has 0 spiro atoms. The summed E-state index contributed by atoms with van der Waals surface area (Å²) in [5.41, 5.74) is 0. The Kier molecular flexibility index (Phi) is 7.17. The number of unbranched alkanes of at least 4 members (excludes halogenated alkanes) is 2. The molecule has 2 rings (SSSR count). The molecule has 2 fully saturated rings. The van der Waals surface area contributed by atoms with Gasteiger partial charge in [-0.15, -0.1) is 6.58 Å². The second kappa shape index (κ2) is 8.90. The van der Waals surface area contributed by atoms with E-state index in [0.29, 0.717) is 0 Å². The molecule has 0 aromatic rings. The number of hydrogen-bond donors (Lipinski definition) is 0. The molecular formula is C20H36. The molecule has 0 heteroatoms. The zero-order valence-corrected chi connectivity index (χ0v) is 13.8. The second-order valence-electron chi connectivity index (χ2n) is 7.58. The second-order valence-corrected chi connectivity index (χ2v) is 7.58. The van der Waals surface area contributed by atoms with Crippen molar-refractivity contribution in [3.8, 4) is 0 Å². The first-order valence-electron chi connectivity index (χ1n) is 9.44. The molecule has 0 bridgehead atoms. The van der Waals surface area contributed by atoms with E-state index in [4.69, 9.17) is 0 Å². The fourth-order valence-electron chi connectivity index (χ4n) is 4.76. The van der Waals surface area contributed by atoms with Gasteiger partial charge in [-0.3, -0.25) is 0 Å². The molecule has 2 aliphatic rings. The SMILES string of the molecule is C=CCC1CCC(C2CCC(CCCCC)CC2)CC1. The molecule has 0 atom stereocenters. The Morgan fingerprint density at radius 2 is 1.35 bits per heavy atom. The summed E-state index contributed by atoms with van der Waals surface area (Å²) >= 11 is 0. The van der Waals surface area contributed by atoms with Crippen LogP contribution in [-0.4, -0.2) is 0 Å². The zero-order chi connectivity index (χ0) is 14.2. The number of hydrogen-bond acceptors (Lipinski definition) is 0. The van der Waals surface area contributed by atoms with E-state index in [0.717, 1.165) is 23.7 Å². The maximum Gasteiger partial charge on any atom is -0.0325 e. The van der Waals surface area contributed by atoms with Crippen LogP contribution in [0.2, 0.25) is 0 Å². The molecule has 0 unspecified atom stereocenters. The molecule has 0 aliphatic heterocycles. The van der Waals surface area contributed by atoms with Gasteiger partial charge in [0.2, 0.25) is 0 Å². The van der Waals surface area contributed by atoms with E-state index in [1.54, 1.807) is 25.7 Å². The summed E-state index contributed by atoms with van der Waals surface area (Å²) in [5.74, 6) is 4.21. The highest BCUT2D eigenvalue weighted by Crippen LogP contribution is 2.42. The first-order chi connectivity index (χ1) is 9.83. The third-order valence-electron chi connectivity index (χ3n) is 6.17. The van der Waals surface area contributed by atoms with Gasteiger partial charge in [-0.25, -0.2) is 0 Å². The van der Waals surface area contributed by atoms with Gasteiger partial charge in [0, 0.05) is 0 Å². The highest BCUT2D eigenvalue weighted by atomic mass is 14.4. The van der Waals surface area contributed by atoms with Gasteiger partial charge in [-0.05, 0) is 68.6 Å². The van der Waals surface area contributed by atoms with Crippen LogP contribution in [0.5, 0.6) is 0 Å². The number of rotatable bonds is 7. The Morgan fingerprint density at radius 3 is 1.85 bits per heavy atom. The van der Waals surface area contributed by atoms with E-state index in [-0.39, 0.29) is 0 Å². The Balaban J connectivity index is 1.63. The van der Waals surface area contributed by atoms with E-state index in [9.17, 15) is 0 Å². The van der Waals surface area contributed by atoms with Crippen molar-refractivity contribution in [3.63, 3.8) is 0 Å². The van der Waals surface area contributed by atoms with E-state index in [1.807, 2.05) is 0 Å². The molecule has 0 saturated heterocycles. The first-order valence-corrected chi connectivity index (χ1v) is 9.44. The van der Waals surface area contributed by atoms with Crippen molar-refractivity contribution in [2.75, 3.05) is 0 Å². The summed E-state index contributed by atoms with van der Waals surface area (Å²) in [6.07, 6.45) is 21.4. The topological polar surface area (TPSA) is 0 Å². The van der Waals surface area contributed by atoms with Gasteiger partial charge in [-0.2, -0.15) is 0 Å². The highest BCUT2D eigenvalue weighted by molar-refractivity contribution is 4.84. The van der Waals surface area contributed by atoms with Crippen molar-refractivity contribution in [3.05, 3.63) is 12.7 Å². The van der Waals surface area contributed by atoms with Crippen LogP contribution in [0, 0.1) is 23.7 Å². The van der Waals surface area contributed by atoms with Crippen molar-refractivity contribution in [2.24, 2.45) is 23.7 Å². The lowest BCUT2D eigenvalue weighted by molar-refractivity contribution is 0.143. The predicted molar refractivity (Wildman–Crippen MR) is 89.9 cm³/mol. The summed E-state index contributed by atoms with van der Waals surface area (Å²) in [6, 6.07) is 0. The Labute approximate surface area is 127 Å². The lowest BCUT2D eigenvalue weighted by Gasteiger charge is -2.37. The molecule has 0 nitrogen and oxygen atoms in total. The smallest absolute Gasteiger partial charge is 0.0325 e. The van der Waals surface area contributed by atoms with E-state index in [1.165, 1.54) is 57.8 Å². The molecule has 20 heavy (non-hydrogen) atoms. The van der Waals surface area contributed by atoms with Crippen LogP contribution in [0.3, 0.4) is 0 Å². The van der Waals surface area contributed by atoms with E-state index in [2.05, 4.69) is 19.6 Å². The molecular weight excluding hydrogens is 240 g/mol. The third kappa shape index (κ3) is 4.93. The van der Waals surface area contributed by atoms with Gasteiger partial charge in [0.25, 0.3) is 0 Å². The summed E-state index contributed by atoms with van der Waals surface area (Å²) in [6.45, 7) is 6.22. The molecule has 116 valence electrons. The molecule has 0 heterocycles. The van der Waals surface area contributed by atoms with Crippen LogP contribution in [0.1, 0.15) is 90.4 Å². The summed E-state index contributed by atoms with van der Waals surface area (Å²) in [5, 5.41) is 0. The molecule has 2 aliphatic carbocycles. The highest BCUT2D eigenvalue weighted by Gasteiger charge is 2.30. The van der Waals surface area contributed by atoms with E-state index >= 15 is 0 Å². The normalized spacial score (nSPS) is 34.9. The molecule has 0 aromatic heterocycles. The maximum absolute atomic E-state index is 3.90. The van der Waals surface area contributed by atoms with Crippen molar-refractivity contribution in [1.82, 2.24) is 0 Å². The monoisotopic (exact) mass is 276 g/mol. The lowest BCUT2D eigenvalue weighted by atomic mass is 9.68. The van der Waals surface area contributed by atoms with Crippen molar-refractivity contribution in [1.29, 1.82) is 0 Å². The molecule has 0 amide bonds. The predicted octanol–water partition coefficient (Wildman–Crippen LogP) is 6.76. The lowest BCUT2D eigenvalue weighted by Crippen LogP contribution is -2.25.